The van der Waals surface area contributed by atoms with Crippen LogP contribution in [0.3, 0.4) is 0 Å². The summed E-state index contributed by atoms with van der Waals surface area (Å²) >= 11 is 0. The van der Waals surface area contributed by atoms with Crippen molar-refractivity contribution in [3.63, 3.8) is 0 Å². The third-order valence-corrected chi connectivity index (χ3v) is 5.36. The van der Waals surface area contributed by atoms with Crippen molar-refractivity contribution in [2.75, 3.05) is 26.2 Å². The summed E-state index contributed by atoms with van der Waals surface area (Å²) in [7, 11) is 0. The Morgan fingerprint density at radius 2 is 2.17 bits per heavy atom. The van der Waals surface area contributed by atoms with Gasteiger partial charge in [0.1, 0.15) is 0 Å². The summed E-state index contributed by atoms with van der Waals surface area (Å²) in [6.45, 7) is 6.89. The van der Waals surface area contributed by atoms with Crippen LogP contribution in [0.2, 0.25) is 0 Å². The summed E-state index contributed by atoms with van der Waals surface area (Å²) < 4.78 is 5.98. The SMILES string of the molecule is CCC1(CN2CCOC3CCCCC32)CCCN1. The molecule has 3 rings (SSSR count). The lowest BCUT2D eigenvalue weighted by molar-refractivity contribution is -0.0945. The topological polar surface area (TPSA) is 24.5 Å². The number of fused-ring (bicyclic) bond motifs is 1. The highest BCUT2D eigenvalue weighted by atomic mass is 16.5. The predicted octanol–water partition coefficient (Wildman–Crippen LogP) is 2.16. The molecule has 18 heavy (non-hydrogen) atoms. The Kier molecular flexibility index (Phi) is 3.92. The molecule has 2 saturated heterocycles. The molecule has 3 nitrogen and oxygen atoms in total. The van der Waals surface area contributed by atoms with Gasteiger partial charge in [0.15, 0.2) is 0 Å². The van der Waals surface area contributed by atoms with Crippen molar-refractivity contribution in [3.05, 3.63) is 0 Å². The molecule has 3 aliphatic rings. The van der Waals surface area contributed by atoms with E-state index in [0.29, 0.717) is 17.7 Å². The molecule has 3 heteroatoms. The second kappa shape index (κ2) is 5.48. The van der Waals surface area contributed by atoms with Gasteiger partial charge in [-0.2, -0.15) is 0 Å². The Bertz CT molecular complexity index is 274. The number of hydrogen-bond donors (Lipinski definition) is 1. The van der Waals surface area contributed by atoms with Gasteiger partial charge in [-0.3, -0.25) is 4.90 Å². The zero-order chi connectivity index (χ0) is 12.4. The molecule has 0 amide bonds. The van der Waals surface area contributed by atoms with Gasteiger partial charge >= 0.3 is 0 Å². The lowest BCUT2D eigenvalue weighted by Gasteiger charge is -2.47. The molecule has 3 unspecified atom stereocenters. The van der Waals surface area contributed by atoms with Gasteiger partial charge in [0, 0.05) is 24.7 Å². The van der Waals surface area contributed by atoms with Crippen LogP contribution in [0, 0.1) is 0 Å². The van der Waals surface area contributed by atoms with E-state index in [4.69, 9.17) is 4.74 Å². The highest BCUT2D eigenvalue weighted by Gasteiger charge is 2.40. The molecule has 0 radical (unpaired) electrons. The van der Waals surface area contributed by atoms with E-state index >= 15 is 0 Å². The molecule has 2 heterocycles. The first-order chi connectivity index (χ1) is 8.83. The fourth-order valence-electron chi connectivity index (χ4n) is 4.18. The predicted molar refractivity (Wildman–Crippen MR) is 73.8 cm³/mol. The smallest absolute Gasteiger partial charge is 0.0730 e. The molecule has 3 fully saturated rings. The molecule has 1 N–H and O–H groups in total. The Hall–Kier alpha value is -0.120. The molecule has 2 aliphatic heterocycles. The van der Waals surface area contributed by atoms with E-state index in [2.05, 4.69) is 17.1 Å². The van der Waals surface area contributed by atoms with E-state index in [1.54, 1.807) is 0 Å². The molecule has 0 aromatic heterocycles. The van der Waals surface area contributed by atoms with Gasteiger partial charge in [-0.05, 0) is 38.6 Å². The van der Waals surface area contributed by atoms with Crippen LogP contribution in [-0.2, 0) is 4.74 Å². The number of ether oxygens (including phenoxy) is 1. The largest absolute Gasteiger partial charge is 0.375 e. The van der Waals surface area contributed by atoms with Gasteiger partial charge in [0.2, 0.25) is 0 Å². The minimum atomic E-state index is 0.402. The first kappa shape index (κ1) is 12.9. The van der Waals surface area contributed by atoms with Crippen LogP contribution in [0.4, 0.5) is 0 Å². The molecule has 1 saturated carbocycles. The summed E-state index contributed by atoms with van der Waals surface area (Å²) in [5.41, 5.74) is 0.402. The molecule has 0 bridgehead atoms. The maximum atomic E-state index is 5.98. The standard InChI is InChI=1S/C15H28N2O/c1-2-15(8-5-9-16-15)12-17-10-11-18-14-7-4-3-6-13(14)17/h13-14,16H,2-12H2,1H3. The van der Waals surface area contributed by atoms with Crippen molar-refractivity contribution in [1.82, 2.24) is 10.2 Å². The molecule has 1 aliphatic carbocycles. The Balaban J connectivity index is 1.66. The van der Waals surface area contributed by atoms with Gasteiger partial charge in [-0.25, -0.2) is 0 Å². The third kappa shape index (κ3) is 2.45. The van der Waals surface area contributed by atoms with Crippen molar-refractivity contribution in [2.45, 2.75) is 69.6 Å². The number of rotatable bonds is 3. The van der Waals surface area contributed by atoms with Crippen molar-refractivity contribution < 1.29 is 4.74 Å². The summed E-state index contributed by atoms with van der Waals surface area (Å²) in [5.74, 6) is 0. The summed E-state index contributed by atoms with van der Waals surface area (Å²) in [6, 6.07) is 0.707. The van der Waals surface area contributed by atoms with Gasteiger partial charge in [-0.1, -0.05) is 19.8 Å². The lowest BCUT2D eigenvalue weighted by Crippen LogP contribution is -2.59. The summed E-state index contributed by atoms with van der Waals surface area (Å²) in [6.07, 6.45) is 9.91. The first-order valence-electron chi connectivity index (χ1n) is 7.94. The van der Waals surface area contributed by atoms with Crippen LogP contribution in [-0.4, -0.2) is 48.8 Å². The van der Waals surface area contributed by atoms with Crippen molar-refractivity contribution in [1.29, 1.82) is 0 Å². The normalized spacial score (nSPS) is 41.8. The second-order valence-electron chi connectivity index (χ2n) is 6.40. The van der Waals surface area contributed by atoms with Crippen LogP contribution in [0.5, 0.6) is 0 Å². The first-order valence-corrected chi connectivity index (χ1v) is 7.94. The van der Waals surface area contributed by atoms with Gasteiger partial charge < -0.3 is 10.1 Å². The average Bonchev–Trinajstić information content (AvgIpc) is 2.88. The van der Waals surface area contributed by atoms with E-state index in [1.807, 2.05) is 0 Å². The molecular formula is C15H28N2O. The molecule has 3 atom stereocenters. The van der Waals surface area contributed by atoms with E-state index < -0.39 is 0 Å². The average molecular weight is 252 g/mol. The molecular weight excluding hydrogens is 224 g/mol. The maximum Gasteiger partial charge on any atom is 0.0730 e. The molecule has 0 aromatic carbocycles. The molecule has 104 valence electrons. The molecule has 0 aromatic rings. The van der Waals surface area contributed by atoms with Gasteiger partial charge in [-0.15, -0.1) is 0 Å². The van der Waals surface area contributed by atoms with Crippen LogP contribution >= 0.6 is 0 Å². The Morgan fingerprint density at radius 3 is 2.94 bits per heavy atom. The van der Waals surface area contributed by atoms with E-state index in [1.165, 1.54) is 58.0 Å². The summed E-state index contributed by atoms with van der Waals surface area (Å²) in [4.78, 5) is 2.75. The fraction of sp³-hybridized carbons (Fsp3) is 1.00. The van der Waals surface area contributed by atoms with Crippen LogP contribution < -0.4 is 5.32 Å². The van der Waals surface area contributed by atoms with Crippen molar-refractivity contribution in [3.8, 4) is 0 Å². The van der Waals surface area contributed by atoms with Crippen molar-refractivity contribution >= 4 is 0 Å². The number of morpholine rings is 1. The highest BCUT2D eigenvalue weighted by Crippen LogP contribution is 2.32. The fourth-order valence-corrected chi connectivity index (χ4v) is 4.18. The van der Waals surface area contributed by atoms with E-state index in [9.17, 15) is 0 Å². The van der Waals surface area contributed by atoms with Crippen molar-refractivity contribution in [2.24, 2.45) is 0 Å². The quantitative estimate of drug-likeness (QED) is 0.833. The van der Waals surface area contributed by atoms with Gasteiger partial charge in [0.05, 0.1) is 12.7 Å². The van der Waals surface area contributed by atoms with E-state index in [0.717, 1.165) is 13.2 Å². The minimum absolute atomic E-state index is 0.402. The van der Waals surface area contributed by atoms with Crippen LogP contribution in [0.25, 0.3) is 0 Å². The number of nitrogens with zero attached hydrogens (tertiary/aromatic N) is 1. The number of hydrogen-bond acceptors (Lipinski definition) is 3. The Morgan fingerprint density at radius 1 is 1.28 bits per heavy atom. The Labute approximate surface area is 111 Å². The second-order valence-corrected chi connectivity index (χ2v) is 6.40. The number of nitrogens with one attached hydrogen (secondary N) is 1. The highest BCUT2D eigenvalue weighted by molar-refractivity contribution is 4.98. The van der Waals surface area contributed by atoms with Crippen LogP contribution in [0.1, 0.15) is 51.9 Å². The molecule has 0 spiro atoms. The van der Waals surface area contributed by atoms with Gasteiger partial charge in [0.25, 0.3) is 0 Å². The lowest BCUT2D eigenvalue weighted by atomic mass is 9.87. The van der Waals surface area contributed by atoms with E-state index in [-0.39, 0.29) is 0 Å². The monoisotopic (exact) mass is 252 g/mol. The zero-order valence-electron chi connectivity index (χ0n) is 11.8. The van der Waals surface area contributed by atoms with Crippen LogP contribution in [0.15, 0.2) is 0 Å². The third-order valence-electron chi connectivity index (χ3n) is 5.36. The maximum absolute atomic E-state index is 5.98. The zero-order valence-corrected chi connectivity index (χ0v) is 11.8. The summed E-state index contributed by atoms with van der Waals surface area (Å²) in [5, 5.41) is 3.78. The minimum Gasteiger partial charge on any atom is -0.375 e.